The first kappa shape index (κ1) is 20.6. The van der Waals surface area contributed by atoms with Crippen LogP contribution in [0.15, 0.2) is 58.6 Å². The topological polar surface area (TPSA) is 76.1 Å². The summed E-state index contributed by atoms with van der Waals surface area (Å²) in [5.41, 5.74) is 1.30. The van der Waals surface area contributed by atoms with E-state index in [2.05, 4.69) is 15.9 Å². The number of methoxy groups -OCH3 is 1. The molecule has 2 aromatic rings. The SMILES string of the molecule is COc1ccc(C2/C(=C(\O)c3ccc(Br)cc3)C(=O)C(=O)N2CC2CCCO2)cc1. The maximum absolute atomic E-state index is 13.0. The van der Waals surface area contributed by atoms with Crippen molar-refractivity contribution in [3.8, 4) is 5.75 Å². The summed E-state index contributed by atoms with van der Waals surface area (Å²) in [6.07, 6.45) is 1.66. The fourth-order valence-electron chi connectivity index (χ4n) is 3.97. The summed E-state index contributed by atoms with van der Waals surface area (Å²) in [6, 6.07) is 13.5. The molecule has 0 aliphatic carbocycles. The molecule has 0 spiro atoms. The van der Waals surface area contributed by atoms with Crippen molar-refractivity contribution in [1.29, 1.82) is 0 Å². The highest BCUT2D eigenvalue weighted by atomic mass is 79.9. The molecule has 2 fully saturated rings. The zero-order chi connectivity index (χ0) is 21.3. The lowest BCUT2D eigenvalue weighted by Gasteiger charge is -2.27. The largest absolute Gasteiger partial charge is 0.507 e. The molecule has 7 heteroatoms. The summed E-state index contributed by atoms with van der Waals surface area (Å²) >= 11 is 3.37. The monoisotopic (exact) mass is 471 g/mol. The van der Waals surface area contributed by atoms with Crippen LogP contribution in [-0.2, 0) is 14.3 Å². The van der Waals surface area contributed by atoms with Gasteiger partial charge in [-0.05, 0) is 42.7 Å². The van der Waals surface area contributed by atoms with Crippen LogP contribution in [0.4, 0.5) is 0 Å². The Morgan fingerprint density at radius 2 is 1.87 bits per heavy atom. The molecule has 2 saturated heterocycles. The van der Waals surface area contributed by atoms with E-state index in [1.165, 1.54) is 4.90 Å². The minimum atomic E-state index is -0.691. The molecule has 2 aromatic carbocycles. The molecular formula is C23H22BrNO5. The number of Topliss-reactive ketones (excluding diaryl/α,β-unsaturated/α-hetero) is 1. The van der Waals surface area contributed by atoms with Gasteiger partial charge in [0.15, 0.2) is 0 Å². The number of amides is 1. The van der Waals surface area contributed by atoms with Crippen molar-refractivity contribution in [2.45, 2.75) is 25.0 Å². The Morgan fingerprint density at radius 1 is 1.17 bits per heavy atom. The molecule has 2 unspecified atom stereocenters. The average molecular weight is 472 g/mol. The fraction of sp³-hybridized carbons (Fsp3) is 0.304. The predicted molar refractivity (Wildman–Crippen MR) is 115 cm³/mol. The molecular weight excluding hydrogens is 450 g/mol. The van der Waals surface area contributed by atoms with Crippen LogP contribution in [0.3, 0.4) is 0 Å². The van der Waals surface area contributed by atoms with Gasteiger partial charge in [0.1, 0.15) is 11.5 Å². The predicted octanol–water partition coefficient (Wildman–Crippen LogP) is 4.06. The van der Waals surface area contributed by atoms with Crippen molar-refractivity contribution in [3.05, 3.63) is 69.7 Å². The second kappa shape index (κ2) is 8.62. The Labute approximate surface area is 183 Å². The first-order chi connectivity index (χ1) is 14.5. The number of carbonyl (C=O) groups is 2. The molecule has 0 bridgehead atoms. The lowest BCUT2D eigenvalue weighted by molar-refractivity contribution is -0.140. The van der Waals surface area contributed by atoms with Crippen molar-refractivity contribution < 1.29 is 24.2 Å². The minimum Gasteiger partial charge on any atom is -0.507 e. The van der Waals surface area contributed by atoms with E-state index in [4.69, 9.17) is 9.47 Å². The first-order valence-corrected chi connectivity index (χ1v) is 10.6. The van der Waals surface area contributed by atoms with Crippen LogP contribution in [0.25, 0.3) is 5.76 Å². The summed E-state index contributed by atoms with van der Waals surface area (Å²) in [6.45, 7) is 0.957. The molecule has 2 heterocycles. The number of halogens is 1. The summed E-state index contributed by atoms with van der Waals surface area (Å²) in [5, 5.41) is 11.0. The number of ketones is 1. The zero-order valence-electron chi connectivity index (χ0n) is 16.5. The molecule has 1 N–H and O–H groups in total. The van der Waals surface area contributed by atoms with E-state index in [9.17, 15) is 14.7 Å². The van der Waals surface area contributed by atoms with Crippen molar-refractivity contribution in [1.82, 2.24) is 4.90 Å². The van der Waals surface area contributed by atoms with Gasteiger partial charge >= 0.3 is 0 Å². The normalized spacial score (nSPS) is 23.2. The standard InChI is InChI=1S/C23H22BrNO5/c1-29-17-10-6-14(7-11-17)20-19(21(26)15-4-8-16(24)9-5-15)22(27)23(28)25(20)13-18-3-2-12-30-18/h4-11,18,20,26H,2-3,12-13H2,1H3/b21-19+. The molecule has 30 heavy (non-hydrogen) atoms. The lowest BCUT2D eigenvalue weighted by atomic mass is 9.95. The quantitative estimate of drug-likeness (QED) is 0.404. The third-order valence-electron chi connectivity index (χ3n) is 5.51. The van der Waals surface area contributed by atoms with Crippen LogP contribution in [0, 0.1) is 0 Å². The van der Waals surface area contributed by atoms with Gasteiger partial charge in [0.2, 0.25) is 0 Å². The Bertz CT molecular complexity index is 978. The van der Waals surface area contributed by atoms with Gasteiger partial charge in [-0.2, -0.15) is 0 Å². The molecule has 2 aliphatic heterocycles. The van der Waals surface area contributed by atoms with E-state index >= 15 is 0 Å². The van der Waals surface area contributed by atoms with Crippen LogP contribution in [0.5, 0.6) is 5.75 Å². The smallest absolute Gasteiger partial charge is 0.295 e. The van der Waals surface area contributed by atoms with Crippen LogP contribution >= 0.6 is 15.9 Å². The molecule has 2 atom stereocenters. The maximum Gasteiger partial charge on any atom is 0.295 e. The van der Waals surface area contributed by atoms with Crippen molar-refractivity contribution >= 4 is 33.4 Å². The van der Waals surface area contributed by atoms with Gasteiger partial charge in [-0.25, -0.2) is 0 Å². The molecule has 0 saturated carbocycles. The number of aliphatic hydroxyl groups is 1. The summed E-state index contributed by atoms with van der Waals surface area (Å²) in [5.74, 6) is -0.821. The van der Waals surface area contributed by atoms with Crippen LogP contribution < -0.4 is 4.74 Å². The molecule has 156 valence electrons. The van der Waals surface area contributed by atoms with Crippen molar-refractivity contribution in [3.63, 3.8) is 0 Å². The Hall–Kier alpha value is -2.64. The second-order valence-electron chi connectivity index (χ2n) is 7.37. The molecule has 4 rings (SSSR count). The highest BCUT2D eigenvalue weighted by Crippen LogP contribution is 2.40. The fourth-order valence-corrected chi connectivity index (χ4v) is 4.24. The Morgan fingerprint density at radius 3 is 2.47 bits per heavy atom. The lowest BCUT2D eigenvalue weighted by Crippen LogP contribution is -2.36. The minimum absolute atomic E-state index is 0.0884. The average Bonchev–Trinajstić information content (AvgIpc) is 3.36. The van der Waals surface area contributed by atoms with Crippen molar-refractivity contribution in [2.75, 3.05) is 20.3 Å². The van der Waals surface area contributed by atoms with Gasteiger partial charge in [-0.1, -0.05) is 40.2 Å². The second-order valence-corrected chi connectivity index (χ2v) is 8.28. The van der Waals surface area contributed by atoms with Crippen LogP contribution in [-0.4, -0.2) is 48.1 Å². The number of carbonyl (C=O) groups excluding carboxylic acids is 2. The van der Waals surface area contributed by atoms with Crippen LogP contribution in [0.2, 0.25) is 0 Å². The van der Waals surface area contributed by atoms with Gasteiger partial charge in [0, 0.05) is 23.2 Å². The number of aliphatic hydroxyl groups excluding tert-OH is 1. The summed E-state index contributed by atoms with van der Waals surface area (Å²) < 4.78 is 11.8. The number of likely N-dealkylation sites (tertiary alicyclic amines) is 1. The summed E-state index contributed by atoms with van der Waals surface area (Å²) in [4.78, 5) is 27.5. The van der Waals surface area contributed by atoms with E-state index in [0.29, 0.717) is 24.5 Å². The third-order valence-corrected chi connectivity index (χ3v) is 6.04. The van der Waals surface area contributed by atoms with E-state index < -0.39 is 17.7 Å². The van der Waals surface area contributed by atoms with E-state index in [-0.39, 0.29) is 17.4 Å². The zero-order valence-corrected chi connectivity index (χ0v) is 18.1. The first-order valence-electron chi connectivity index (χ1n) is 9.79. The van der Waals surface area contributed by atoms with E-state index in [1.807, 2.05) is 12.1 Å². The van der Waals surface area contributed by atoms with E-state index in [1.54, 1.807) is 43.5 Å². The van der Waals surface area contributed by atoms with Gasteiger partial charge < -0.3 is 19.5 Å². The van der Waals surface area contributed by atoms with E-state index in [0.717, 1.165) is 22.9 Å². The number of ether oxygens (including phenoxy) is 2. The van der Waals surface area contributed by atoms with Crippen LogP contribution in [0.1, 0.15) is 30.0 Å². The van der Waals surface area contributed by atoms with Gasteiger partial charge in [-0.3, -0.25) is 9.59 Å². The number of hydrogen-bond acceptors (Lipinski definition) is 5. The Balaban J connectivity index is 1.80. The highest BCUT2D eigenvalue weighted by molar-refractivity contribution is 9.10. The van der Waals surface area contributed by atoms with Gasteiger partial charge in [0.25, 0.3) is 11.7 Å². The number of benzene rings is 2. The van der Waals surface area contributed by atoms with Gasteiger partial charge in [-0.15, -0.1) is 0 Å². The van der Waals surface area contributed by atoms with Gasteiger partial charge in [0.05, 0.1) is 24.8 Å². The molecule has 1 amide bonds. The number of hydrogen-bond donors (Lipinski definition) is 1. The molecule has 0 radical (unpaired) electrons. The highest BCUT2D eigenvalue weighted by Gasteiger charge is 2.47. The maximum atomic E-state index is 13.0. The van der Waals surface area contributed by atoms with Crippen molar-refractivity contribution in [2.24, 2.45) is 0 Å². The number of rotatable bonds is 5. The third kappa shape index (κ3) is 3.87. The Kier molecular flexibility index (Phi) is 5.92. The molecule has 0 aromatic heterocycles. The number of nitrogens with zero attached hydrogens (tertiary/aromatic N) is 1. The molecule has 2 aliphatic rings. The molecule has 6 nitrogen and oxygen atoms in total. The summed E-state index contributed by atoms with van der Waals surface area (Å²) in [7, 11) is 1.58.